The molecule has 0 fully saturated rings. The fourth-order valence-corrected chi connectivity index (χ4v) is 0.564. The highest BCUT2D eigenvalue weighted by Crippen LogP contribution is 2.02. The summed E-state index contributed by atoms with van der Waals surface area (Å²) >= 11 is 0. The van der Waals surface area contributed by atoms with Crippen LogP contribution in [-0.4, -0.2) is 11.6 Å². The maximum absolute atomic E-state index is 10.4. The van der Waals surface area contributed by atoms with Gasteiger partial charge < -0.3 is 10.3 Å². The molecular weight excluding hydrogens is 102 g/mol. The van der Waals surface area contributed by atoms with Crippen LogP contribution in [0.4, 0.5) is 0 Å². The van der Waals surface area contributed by atoms with Crippen LogP contribution >= 0.6 is 0 Å². The molecule has 0 aromatic rings. The Hall–Kier alpha value is -0.760. The first kappa shape index (κ1) is 5.38. The smallest absolute Gasteiger partial charge is 0.0245 e. The van der Waals surface area contributed by atoms with Crippen molar-refractivity contribution < 1.29 is 0 Å². The van der Waals surface area contributed by atoms with Crippen molar-refractivity contribution in [3.8, 4) is 0 Å². The predicted octanol–water partition coefficient (Wildman–Crippen LogP) is 1.26. The highest BCUT2D eigenvalue weighted by Gasteiger charge is 1.88. The number of nitrogens with zero attached hydrogens (tertiary/aromatic N) is 1. The Labute approximate surface area is 48.7 Å². The summed E-state index contributed by atoms with van der Waals surface area (Å²) in [6, 6.07) is 0. The Morgan fingerprint density at radius 1 is 1.75 bits per heavy atom. The van der Waals surface area contributed by atoms with Gasteiger partial charge >= 0.3 is 0 Å². The summed E-state index contributed by atoms with van der Waals surface area (Å²) in [7, 11) is 0. The standard InChI is InChI=1S/C6H8NO/c1-6-2-4-7(8)5-3-6/h2-4H,5H2,1H3/q-1. The van der Waals surface area contributed by atoms with Crippen molar-refractivity contribution in [1.29, 1.82) is 0 Å². The van der Waals surface area contributed by atoms with Crippen molar-refractivity contribution in [3.05, 3.63) is 29.1 Å². The molecule has 0 saturated heterocycles. The maximum atomic E-state index is 10.4. The van der Waals surface area contributed by atoms with Crippen LogP contribution in [0.3, 0.4) is 0 Å². The van der Waals surface area contributed by atoms with E-state index in [1.165, 1.54) is 6.20 Å². The molecule has 1 aliphatic heterocycles. The maximum Gasteiger partial charge on any atom is 0.0245 e. The van der Waals surface area contributed by atoms with Gasteiger partial charge in [-0.15, -0.1) is 0 Å². The van der Waals surface area contributed by atoms with E-state index < -0.39 is 0 Å². The van der Waals surface area contributed by atoms with Crippen LogP contribution in [0.5, 0.6) is 0 Å². The Balaban J connectivity index is 2.58. The summed E-state index contributed by atoms with van der Waals surface area (Å²) < 4.78 is 0. The summed E-state index contributed by atoms with van der Waals surface area (Å²) in [6.45, 7) is 2.48. The van der Waals surface area contributed by atoms with Crippen molar-refractivity contribution in [2.24, 2.45) is 0 Å². The molecular formula is C6H8NO-. The van der Waals surface area contributed by atoms with Crippen molar-refractivity contribution in [2.45, 2.75) is 6.92 Å². The lowest BCUT2D eigenvalue weighted by Crippen LogP contribution is -2.10. The summed E-state index contributed by atoms with van der Waals surface area (Å²) in [5.41, 5.74) is 1.16. The van der Waals surface area contributed by atoms with E-state index >= 15 is 0 Å². The molecule has 0 unspecified atom stereocenters. The molecule has 0 aliphatic carbocycles. The van der Waals surface area contributed by atoms with Gasteiger partial charge in [0.1, 0.15) is 0 Å². The zero-order chi connectivity index (χ0) is 5.98. The fraction of sp³-hybridized carbons (Fsp3) is 0.333. The molecule has 2 nitrogen and oxygen atoms in total. The van der Waals surface area contributed by atoms with Crippen LogP contribution in [0, 0.1) is 5.21 Å². The van der Waals surface area contributed by atoms with Crippen LogP contribution in [0.1, 0.15) is 6.92 Å². The summed E-state index contributed by atoms with van der Waals surface area (Å²) in [6.07, 6.45) is 5.23. The Morgan fingerprint density at radius 2 is 2.50 bits per heavy atom. The summed E-state index contributed by atoms with van der Waals surface area (Å²) in [5, 5.41) is 11.3. The second-order valence-electron chi connectivity index (χ2n) is 1.86. The lowest BCUT2D eigenvalue weighted by atomic mass is 10.2. The molecule has 0 bridgehead atoms. The number of allylic oxidation sites excluding steroid dienone is 2. The quantitative estimate of drug-likeness (QED) is 0.469. The first-order chi connectivity index (χ1) is 3.79. The van der Waals surface area contributed by atoms with E-state index in [9.17, 15) is 5.21 Å². The van der Waals surface area contributed by atoms with Gasteiger partial charge in [0.25, 0.3) is 0 Å². The van der Waals surface area contributed by atoms with E-state index in [-0.39, 0.29) is 0 Å². The molecule has 0 aromatic carbocycles. The average Bonchev–Trinajstić information content (AvgIpc) is 1.77. The Bertz CT molecular complexity index is 137. The van der Waals surface area contributed by atoms with Crippen molar-refractivity contribution in [2.75, 3.05) is 6.54 Å². The predicted molar refractivity (Wildman–Crippen MR) is 33.0 cm³/mol. The lowest BCUT2D eigenvalue weighted by molar-refractivity contribution is 0.561. The monoisotopic (exact) mass is 110 g/mol. The first-order valence-corrected chi connectivity index (χ1v) is 2.58. The normalized spacial score (nSPS) is 18.8. The van der Waals surface area contributed by atoms with Gasteiger partial charge in [0.15, 0.2) is 0 Å². The molecule has 0 atom stereocenters. The first-order valence-electron chi connectivity index (χ1n) is 2.58. The van der Waals surface area contributed by atoms with Crippen LogP contribution < -0.4 is 0 Å². The molecule has 2 heteroatoms. The SMILES string of the molecule is CC1=CCN([O-])C=C1. The van der Waals surface area contributed by atoms with Crippen molar-refractivity contribution in [3.63, 3.8) is 0 Å². The van der Waals surface area contributed by atoms with Crippen LogP contribution in [-0.2, 0) is 0 Å². The molecule has 0 saturated carbocycles. The number of hydrogen-bond acceptors (Lipinski definition) is 2. The van der Waals surface area contributed by atoms with Gasteiger partial charge in [-0.1, -0.05) is 11.6 Å². The fourth-order valence-electron chi connectivity index (χ4n) is 0.564. The van der Waals surface area contributed by atoms with Crippen LogP contribution in [0.2, 0.25) is 0 Å². The molecule has 0 N–H and O–H groups in total. The second-order valence-corrected chi connectivity index (χ2v) is 1.86. The van der Waals surface area contributed by atoms with Gasteiger partial charge in [-0.3, -0.25) is 0 Å². The molecule has 0 radical (unpaired) electrons. The Morgan fingerprint density at radius 3 is 2.88 bits per heavy atom. The molecule has 1 aliphatic rings. The Kier molecular flexibility index (Phi) is 1.35. The van der Waals surface area contributed by atoms with E-state index in [4.69, 9.17) is 0 Å². The third kappa shape index (κ3) is 1.10. The number of rotatable bonds is 0. The molecule has 44 valence electrons. The van der Waals surface area contributed by atoms with E-state index in [1.54, 1.807) is 6.08 Å². The van der Waals surface area contributed by atoms with Gasteiger partial charge in [0, 0.05) is 6.54 Å². The summed E-state index contributed by atoms with van der Waals surface area (Å²) in [5.74, 6) is 0. The largest absolute Gasteiger partial charge is 0.758 e. The number of hydroxylamine groups is 2. The van der Waals surface area contributed by atoms with Crippen molar-refractivity contribution >= 4 is 0 Å². The third-order valence-electron chi connectivity index (χ3n) is 1.10. The van der Waals surface area contributed by atoms with E-state index in [0.717, 1.165) is 10.6 Å². The lowest BCUT2D eigenvalue weighted by Gasteiger charge is -2.26. The van der Waals surface area contributed by atoms with Crippen LogP contribution in [0.15, 0.2) is 23.9 Å². The molecule has 1 heterocycles. The van der Waals surface area contributed by atoms with Gasteiger partial charge in [-0.25, -0.2) is 0 Å². The highest BCUT2D eigenvalue weighted by molar-refractivity contribution is 5.19. The van der Waals surface area contributed by atoms with Crippen LogP contribution in [0.25, 0.3) is 0 Å². The minimum absolute atomic E-state index is 0.502. The minimum Gasteiger partial charge on any atom is -0.758 e. The zero-order valence-electron chi connectivity index (χ0n) is 4.79. The van der Waals surface area contributed by atoms with E-state index in [1.807, 2.05) is 13.0 Å². The topological polar surface area (TPSA) is 26.3 Å². The van der Waals surface area contributed by atoms with Gasteiger partial charge in [-0.05, 0) is 19.2 Å². The van der Waals surface area contributed by atoms with Crippen molar-refractivity contribution in [1.82, 2.24) is 5.06 Å². The second kappa shape index (κ2) is 2.01. The number of hydrogen-bond donors (Lipinski definition) is 0. The molecule has 8 heavy (non-hydrogen) atoms. The summed E-state index contributed by atoms with van der Waals surface area (Å²) in [4.78, 5) is 0. The third-order valence-corrected chi connectivity index (χ3v) is 1.10. The van der Waals surface area contributed by atoms with Gasteiger partial charge in [0.2, 0.25) is 0 Å². The van der Waals surface area contributed by atoms with E-state index in [2.05, 4.69) is 0 Å². The molecule has 0 aromatic heterocycles. The molecule has 1 rings (SSSR count). The minimum atomic E-state index is 0.502. The highest BCUT2D eigenvalue weighted by atomic mass is 16.5. The molecule has 0 amide bonds. The average molecular weight is 110 g/mol. The zero-order valence-corrected chi connectivity index (χ0v) is 4.79. The molecule has 0 spiro atoms. The van der Waals surface area contributed by atoms with E-state index in [0.29, 0.717) is 6.54 Å². The van der Waals surface area contributed by atoms with Gasteiger partial charge in [0.05, 0.1) is 0 Å². The van der Waals surface area contributed by atoms with Gasteiger partial charge in [-0.2, -0.15) is 0 Å².